The van der Waals surface area contributed by atoms with Crippen LogP contribution in [-0.2, 0) is 11.2 Å². The van der Waals surface area contributed by atoms with Gasteiger partial charge in [0.05, 0.1) is 11.3 Å². The van der Waals surface area contributed by atoms with Gasteiger partial charge in [-0.2, -0.15) is 0 Å². The van der Waals surface area contributed by atoms with Crippen molar-refractivity contribution in [1.29, 1.82) is 0 Å². The number of aromatic amines is 1. The Morgan fingerprint density at radius 3 is 2.83 bits per heavy atom. The van der Waals surface area contributed by atoms with Crippen LogP contribution in [0.15, 0.2) is 59.9 Å². The number of thioether (sulfide) groups is 1. The quantitative estimate of drug-likeness (QED) is 0.347. The highest BCUT2D eigenvalue weighted by Gasteiger charge is 2.14. The van der Waals surface area contributed by atoms with Gasteiger partial charge in [-0.05, 0) is 44.4 Å². The molecular weight excluding hydrogens is 380 g/mol. The van der Waals surface area contributed by atoms with Crippen molar-refractivity contribution in [3.05, 3.63) is 66.0 Å². The van der Waals surface area contributed by atoms with E-state index in [4.69, 9.17) is 0 Å². The molecule has 0 saturated heterocycles. The van der Waals surface area contributed by atoms with Crippen LogP contribution >= 0.6 is 11.8 Å². The third kappa shape index (κ3) is 4.59. The number of H-pyrrole nitrogens is 1. The third-order valence-electron chi connectivity index (χ3n) is 4.96. The standard InChI is InChI=1S/C23H24N4OS/c1-15-8-11-19-18(12-15)21-22(27-19)23(25-14-24-21)29-13-20(28)26-16(2)9-10-17-6-4-3-5-7-17/h3-8,11-12,14,16,27H,9-10,13H2,1-2H3,(H,26,28)/t16-/m0/s1. The highest BCUT2D eigenvalue weighted by molar-refractivity contribution is 8.00. The van der Waals surface area contributed by atoms with Crippen molar-refractivity contribution in [1.82, 2.24) is 20.3 Å². The van der Waals surface area contributed by atoms with Gasteiger partial charge in [0.25, 0.3) is 0 Å². The summed E-state index contributed by atoms with van der Waals surface area (Å²) in [6.45, 7) is 4.12. The molecule has 2 aromatic carbocycles. The molecule has 2 N–H and O–H groups in total. The van der Waals surface area contributed by atoms with Crippen molar-refractivity contribution in [3.8, 4) is 0 Å². The van der Waals surface area contributed by atoms with E-state index in [1.165, 1.54) is 22.9 Å². The van der Waals surface area contributed by atoms with E-state index >= 15 is 0 Å². The molecule has 0 aliphatic carbocycles. The van der Waals surface area contributed by atoms with Gasteiger partial charge in [-0.25, -0.2) is 9.97 Å². The summed E-state index contributed by atoms with van der Waals surface area (Å²) in [5.41, 5.74) is 5.31. The molecule has 0 fully saturated rings. The molecule has 0 bridgehead atoms. The Morgan fingerprint density at radius 1 is 1.17 bits per heavy atom. The fourth-order valence-electron chi connectivity index (χ4n) is 3.44. The number of fused-ring (bicyclic) bond motifs is 3. The second-order valence-electron chi connectivity index (χ2n) is 7.36. The van der Waals surface area contributed by atoms with E-state index in [0.717, 1.165) is 39.8 Å². The number of carbonyl (C=O) groups excluding carboxylic acids is 1. The molecule has 5 nitrogen and oxygen atoms in total. The number of nitrogens with one attached hydrogen (secondary N) is 2. The van der Waals surface area contributed by atoms with Gasteiger partial charge in [0.2, 0.25) is 5.91 Å². The lowest BCUT2D eigenvalue weighted by Gasteiger charge is -2.13. The first-order valence-electron chi connectivity index (χ1n) is 9.79. The van der Waals surface area contributed by atoms with Crippen molar-refractivity contribution in [2.24, 2.45) is 0 Å². The number of rotatable bonds is 7. The zero-order valence-electron chi connectivity index (χ0n) is 16.6. The number of benzene rings is 2. The number of nitrogens with zero attached hydrogens (tertiary/aromatic N) is 2. The van der Waals surface area contributed by atoms with Gasteiger partial charge in [-0.15, -0.1) is 0 Å². The molecule has 4 rings (SSSR count). The van der Waals surface area contributed by atoms with Gasteiger partial charge in [0.15, 0.2) is 0 Å². The predicted octanol–water partition coefficient (Wildman–Crippen LogP) is 4.65. The third-order valence-corrected chi connectivity index (χ3v) is 5.95. The smallest absolute Gasteiger partial charge is 0.230 e. The van der Waals surface area contributed by atoms with Crippen LogP contribution in [0.25, 0.3) is 21.9 Å². The molecule has 0 aliphatic heterocycles. The summed E-state index contributed by atoms with van der Waals surface area (Å²) in [6, 6.07) is 16.7. The summed E-state index contributed by atoms with van der Waals surface area (Å²) in [5.74, 6) is 0.352. The highest BCUT2D eigenvalue weighted by atomic mass is 32.2. The van der Waals surface area contributed by atoms with Crippen LogP contribution in [0.1, 0.15) is 24.5 Å². The molecule has 1 amide bonds. The molecule has 6 heteroatoms. The first kappa shape index (κ1) is 19.5. The number of hydrogen-bond donors (Lipinski definition) is 2. The molecular formula is C23H24N4OS. The molecule has 2 aromatic heterocycles. The van der Waals surface area contributed by atoms with Gasteiger partial charge in [0.1, 0.15) is 16.9 Å². The Bertz CT molecular complexity index is 1140. The number of aryl methyl sites for hydroxylation is 2. The van der Waals surface area contributed by atoms with Crippen molar-refractivity contribution in [2.75, 3.05) is 5.75 Å². The first-order valence-corrected chi connectivity index (χ1v) is 10.8. The molecule has 0 spiro atoms. The lowest BCUT2D eigenvalue weighted by molar-refractivity contribution is -0.119. The molecule has 0 aliphatic rings. The maximum atomic E-state index is 12.4. The van der Waals surface area contributed by atoms with Crippen LogP contribution in [0.4, 0.5) is 0 Å². The molecule has 0 unspecified atom stereocenters. The Balaban J connectivity index is 1.37. The van der Waals surface area contributed by atoms with E-state index in [1.54, 1.807) is 6.33 Å². The monoisotopic (exact) mass is 404 g/mol. The summed E-state index contributed by atoms with van der Waals surface area (Å²) in [6.07, 6.45) is 3.44. The topological polar surface area (TPSA) is 70.7 Å². The minimum atomic E-state index is 0.0225. The van der Waals surface area contributed by atoms with Crippen LogP contribution in [0.2, 0.25) is 0 Å². The van der Waals surface area contributed by atoms with E-state index in [2.05, 4.69) is 64.4 Å². The van der Waals surface area contributed by atoms with Gasteiger partial charge < -0.3 is 10.3 Å². The normalized spacial score (nSPS) is 12.3. The summed E-state index contributed by atoms with van der Waals surface area (Å²) >= 11 is 1.44. The lowest BCUT2D eigenvalue weighted by atomic mass is 10.1. The molecule has 0 radical (unpaired) electrons. The molecule has 4 aromatic rings. The van der Waals surface area contributed by atoms with Crippen molar-refractivity contribution < 1.29 is 4.79 Å². The van der Waals surface area contributed by atoms with Crippen LogP contribution < -0.4 is 5.32 Å². The summed E-state index contributed by atoms with van der Waals surface area (Å²) in [5, 5.41) is 4.98. The molecule has 2 heterocycles. The average molecular weight is 405 g/mol. The van der Waals surface area contributed by atoms with Crippen LogP contribution in [-0.4, -0.2) is 32.7 Å². The molecule has 1 atom stereocenters. The Kier molecular flexibility index (Phi) is 5.81. The van der Waals surface area contributed by atoms with Crippen molar-refractivity contribution >= 4 is 39.6 Å². The lowest BCUT2D eigenvalue weighted by Crippen LogP contribution is -2.34. The Morgan fingerprint density at radius 2 is 2.00 bits per heavy atom. The largest absolute Gasteiger partial charge is 0.353 e. The summed E-state index contributed by atoms with van der Waals surface area (Å²) in [7, 11) is 0. The van der Waals surface area contributed by atoms with Gasteiger partial charge in [-0.1, -0.05) is 53.7 Å². The summed E-state index contributed by atoms with van der Waals surface area (Å²) < 4.78 is 0. The predicted molar refractivity (Wildman–Crippen MR) is 119 cm³/mol. The summed E-state index contributed by atoms with van der Waals surface area (Å²) in [4.78, 5) is 24.6. The van der Waals surface area contributed by atoms with E-state index < -0.39 is 0 Å². The Hall–Kier alpha value is -2.86. The van der Waals surface area contributed by atoms with E-state index in [9.17, 15) is 4.79 Å². The van der Waals surface area contributed by atoms with E-state index in [-0.39, 0.29) is 11.9 Å². The van der Waals surface area contributed by atoms with Gasteiger partial charge in [-0.3, -0.25) is 4.79 Å². The first-order chi connectivity index (χ1) is 14.1. The SMILES string of the molecule is Cc1ccc2[nH]c3c(SCC(=O)N[C@@H](C)CCc4ccccc4)ncnc3c2c1. The highest BCUT2D eigenvalue weighted by Crippen LogP contribution is 2.30. The van der Waals surface area contributed by atoms with Gasteiger partial charge >= 0.3 is 0 Å². The zero-order valence-corrected chi connectivity index (χ0v) is 17.4. The zero-order chi connectivity index (χ0) is 20.2. The maximum absolute atomic E-state index is 12.4. The number of amides is 1. The minimum Gasteiger partial charge on any atom is -0.353 e. The Labute approximate surface area is 174 Å². The van der Waals surface area contributed by atoms with E-state index in [0.29, 0.717) is 5.75 Å². The van der Waals surface area contributed by atoms with Gasteiger partial charge in [0, 0.05) is 16.9 Å². The van der Waals surface area contributed by atoms with Crippen molar-refractivity contribution in [2.45, 2.75) is 37.8 Å². The van der Waals surface area contributed by atoms with Crippen LogP contribution in [0, 0.1) is 6.92 Å². The second kappa shape index (κ2) is 8.66. The van der Waals surface area contributed by atoms with Crippen molar-refractivity contribution in [3.63, 3.8) is 0 Å². The molecule has 148 valence electrons. The fourth-order valence-corrected chi connectivity index (χ4v) is 4.21. The second-order valence-corrected chi connectivity index (χ2v) is 8.32. The average Bonchev–Trinajstić information content (AvgIpc) is 3.10. The van der Waals surface area contributed by atoms with Crippen LogP contribution in [0.5, 0.6) is 0 Å². The minimum absolute atomic E-state index is 0.0225. The van der Waals surface area contributed by atoms with Crippen LogP contribution in [0.3, 0.4) is 0 Å². The molecule has 29 heavy (non-hydrogen) atoms. The number of aromatic nitrogens is 3. The maximum Gasteiger partial charge on any atom is 0.230 e. The number of carbonyl (C=O) groups is 1. The molecule has 0 saturated carbocycles. The number of hydrogen-bond acceptors (Lipinski definition) is 4. The fraction of sp³-hybridized carbons (Fsp3) is 0.261. The van der Waals surface area contributed by atoms with E-state index in [1.807, 2.05) is 18.2 Å².